The zero-order chi connectivity index (χ0) is 17.6. The Balaban J connectivity index is 1.97. The molecule has 0 spiro atoms. The second kappa shape index (κ2) is 7.14. The Morgan fingerprint density at radius 3 is 2.68 bits per heavy atom. The van der Waals surface area contributed by atoms with E-state index in [0.29, 0.717) is 5.56 Å². The SMILES string of the molecule is N#CC(=CNc1c(F)cccc1C(=O)c1ccccc1)c1nn[nH]n1. The highest BCUT2D eigenvalue weighted by atomic mass is 19.1. The standard InChI is InChI=1S/C17H11FN6O/c18-14-8-4-7-13(16(25)11-5-2-1-3-6-11)15(14)20-10-12(9-19)17-21-23-24-22-17/h1-8,10,20H,(H,21,22,23,24). The number of tetrazole rings is 1. The molecule has 0 unspecified atom stereocenters. The van der Waals surface area contributed by atoms with Gasteiger partial charge in [0.05, 0.1) is 5.69 Å². The number of carbonyl (C=O) groups excluding carboxylic acids is 1. The van der Waals surface area contributed by atoms with Crippen molar-refractivity contribution < 1.29 is 9.18 Å². The maximum Gasteiger partial charge on any atom is 0.216 e. The molecule has 0 saturated heterocycles. The van der Waals surface area contributed by atoms with Crippen molar-refractivity contribution >= 4 is 17.0 Å². The third kappa shape index (κ3) is 3.40. The fraction of sp³-hybridized carbons (Fsp3) is 0. The monoisotopic (exact) mass is 334 g/mol. The number of anilines is 1. The van der Waals surface area contributed by atoms with E-state index in [2.05, 4.69) is 25.9 Å². The smallest absolute Gasteiger partial charge is 0.216 e. The van der Waals surface area contributed by atoms with Crippen LogP contribution in [0, 0.1) is 17.1 Å². The van der Waals surface area contributed by atoms with Gasteiger partial charge in [-0.05, 0) is 17.3 Å². The Kier molecular flexibility index (Phi) is 4.58. The Morgan fingerprint density at radius 2 is 2.00 bits per heavy atom. The Morgan fingerprint density at radius 1 is 1.20 bits per heavy atom. The number of carbonyl (C=O) groups is 1. The van der Waals surface area contributed by atoms with E-state index >= 15 is 0 Å². The lowest BCUT2D eigenvalue weighted by atomic mass is 10.0. The molecule has 25 heavy (non-hydrogen) atoms. The Hall–Kier alpha value is -3.86. The van der Waals surface area contributed by atoms with Crippen LogP contribution in [0.1, 0.15) is 21.7 Å². The van der Waals surface area contributed by atoms with Gasteiger partial charge in [0.15, 0.2) is 5.78 Å². The van der Waals surface area contributed by atoms with Crippen molar-refractivity contribution in [1.29, 1.82) is 5.26 Å². The van der Waals surface area contributed by atoms with Gasteiger partial charge in [0.2, 0.25) is 5.82 Å². The van der Waals surface area contributed by atoms with Gasteiger partial charge in [0.1, 0.15) is 17.5 Å². The normalized spacial score (nSPS) is 11.0. The molecule has 0 radical (unpaired) electrons. The minimum Gasteiger partial charge on any atom is -0.357 e. The number of aromatic nitrogens is 4. The number of H-pyrrole nitrogens is 1. The first kappa shape index (κ1) is 16.0. The van der Waals surface area contributed by atoms with Crippen molar-refractivity contribution in [2.24, 2.45) is 0 Å². The molecule has 3 aromatic rings. The lowest BCUT2D eigenvalue weighted by Gasteiger charge is -2.10. The molecule has 0 aliphatic rings. The van der Waals surface area contributed by atoms with Gasteiger partial charge in [-0.25, -0.2) is 4.39 Å². The van der Waals surface area contributed by atoms with Gasteiger partial charge in [-0.15, -0.1) is 10.2 Å². The fourth-order valence-electron chi connectivity index (χ4n) is 2.17. The molecule has 1 aromatic heterocycles. The number of nitriles is 1. The molecule has 2 N–H and O–H groups in total. The highest BCUT2D eigenvalue weighted by Gasteiger charge is 2.16. The zero-order valence-electron chi connectivity index (χ0n) is 12.8. The summed E-state index contributed by atoms with van der Waals surface area (Å²) >= 11 is 0. The highest BCUT2D eigenvalue weighted by molar-refractivity contribution is 6.12. The van der Waals surface area contributed by atoms with Crippen molar-refractivity contribution in [3.63, 3.8) is 0 Å². The number of nitrogens with zero attached hydrogens (tertiary/aromatic N) is 4. The molecule has 0 aliphatic carbocycles. The third-order valence-corrected chi connectivity index (χ3v) is 3.36. The summed E-state index contributed by atoms with van der Waals surface area (Å²) in [6.07, 6.45) is 1.23. The Labute approximate surface area is 141 Å². The number of hydrogen-bond donors (Lipinski definition) is 2. The molecule has 0 saturated carbocycles. The molecule has 122 valence electrons. The summed E-state index contributed by atoms with van der Waals surface area (Å²) in [7, 11) is 0. The van der Waals surface area contributed by atoms with Crippen LogP contribution in [0.25, 0.3) is 5.57 Å². The van der Waals surface area contributed by atoms with Crippen molar-refractivity contribution in [3.8, 4) is 6.07 Å². The van der Waals surface area contributed by atoms with Gasteiger partial charge in [-0.2, -0.15) is 10.5 Å². The summed E-state index contributed by atoms with van der Waals surface area (Å²) in [6, 6.07) is 14.6. The van der Waals surface area contributed by atoms with Gasteiger partial charge in [-0.3, -0.25) is 4.79 Å². The van der Waals surface area contributed by atoms with Crippen LogP contribution in [0.2, 0.25) is 0 Å². The van der Waals surface area contributed by atoms with Crippen LogP contribution >= 0.6 is 0 Å². The first-order chi connectivity index (χ1) is 12.2. The molecule has 0 amide bonds. The van der Waals surface area contributed by atoms with Crippen LogP contribution in [0.5, 0.6) is 0 Å². The number of benzene rings is 2. The van der Waals surface area contributed by atoms with Crippen molar-refractivity contribution in [2.75, 3.05) is 5.32 Å². The van der Waals surface area contributed by atoms with E-state index in [9.17, 15) is 9.18 Å². The van der Waals surface area contributed by atoms with Crippen molar-refractivity contribution in [1.82, 2.24) is 20.6 Å². The zero-order valence-corrected chi connectivity index (χ0v) is 12.8. The van der Waals surface area contributed by atoms with Gasteiger partial charge in [0.25, 0.3) is 0 Å². The van der Waals surface area contributed by atoms with E-state index in [1.165, 1.54) is 24.4 Å². The van der Waals surface area contributed by atoms with Crippen molar-refractivity contribution in [2.45, 2.75) is 0 Å². The minimum atomic E-state index is -0.622. The highest BCUT2D eigenvalue weighted by Crippen LogP contribution is 2.23. The lowest BCUT2D eigenvalue weighted by Crippen LogP contribution is -2.07. The van der Waals surface area contributed by atoms with Gasteiger partial charge >= 0.3 is 0 Å². The van der Waals surface area contributed by atoms with Crippen LogP contribution in [-0.2, 0) is 0 Å². The second-order valence-corrected chi connectivity index (χ2v) is 4.91. The molecule has 1 heterocycles. The molecule has 3 rings (SSSR count). The van der Waals surface area contributed by atoms with E-state index < -0.39 is 5.82 Å². The van der Waals surface area contributed by atoms with Gasteiger partial charge < -0.3 is 5.32 Å². The summed E-state index contributed by atoms with van der Waals surface area (Å²) in [5.41, 5.74) is 0.578. The number of halogens is 1. The molecule has 0 atom stereocenters. The number of para-hydroxylation sites is 1. The number of ketones is 1. The predicted octanol–water partition coefficient (Wildman–Crippen LogP) is 2.55. The summed E-state index contributed by atoms with van der Waals surface area (Å²) in [5.74, 6) is -0.903. The minimum absolute atomic E-state index is 0.0346. The van der Waals surface area contributed by atoms with E-state index in [0.717, 1.165) is 0 Å². The van der Waals surface area contributed by atoms with Crippen LogP contribution in [-0.4, -0.2) is 26.4 Å². The maximum atomic E-state index is 14.2. The first-order valence-corrected chi connectivity index (χ1v) is 7.19. The molecule has 2 aromatic carbocycles. The molecule has 8 heteroatoms. The number of nitrogens with one attached hydrogen (secondary N) is 2. The van der Waals surface area contributed by atoms with Crippen LogP contribution in [0.15, 0.2) is 54.7 Å². The first-order valence-electron chi connectivity index (χ1n) is 7.19. The van der Waals surface area contributed by atoms with Gasteiger partial charge in [0, 0.05) is 17.3 Å². The van der Waals surface area contributed by atoms with E-state index in [1.54, 1.807) is 30.3 Å². The van der Waals surface area contributed by atoms with E-state index in [4.69, 9.17) is 5.26 Å². The van der Waals surface area contributed by atoms with Crippen LogP contribution in [0.3, 0.4) is 0 Å². The van der Waals surface area contributed by atoms with Crippen LogP contribution < -0.4 is 5.32 Å². The molecule has 0 aliphatic heterocycles. The molecular formula is C17H11FN6O. The number of hydrogen-bond acceptors (Lipinski definition) is 6. The summed E-state index contributed by atoms with van der Waals surface area (Å²) < 4.78 is 14.2. The summed E-state index contributed by atoms with van der Waals surface area (Å²) in [4.78, 5) is 12.6. The van der Waals surface area contributed by atoms with Crippen LogP contribution in [0.4, 0.5) is 10.1 Å². The maximum absolute atomic E-state index is 14.2. The topological polar surface area (TPSA) is 107 Å². The molecule has 0 bridgehead atoms. The second-order valence-electron chi connectivity index (χ2n) is 4.91. The number of aromatic amines is 1. The number of rotatable bonds is 5. The van der Waals surface area contributed by atoms with E-state index in [-0.39, 0.29) is 28.4 Å². The Bertz CT molecular complexity index is 961. The van der Waals surface area contributed by atoms with Crippen molar-refractivity contribution in [3.05, 3.63) is 77.5 Å². The molecular weight excluding hydrogens is 323 g/mol. The van der Waals surface area contributed by atoms with Gasteiger partial charge in [-0.1, -0.05) is 36.4 Å². The molecule has 0 fully saturated rings. The third-order valence-electron chi connectivity index (χ3n) is 3.36. The average Bonchev–Trinajstić information content (AvgIpc) is 3.18. The summed E-state index contributed by atoms with van der Waals surface area (Å²) in [5, 5.41) is 24.8. The fourth-order valence-corrected chi connectivity index (χ4v) is 2.17. The molecule has 7 nitrogen and oxygen atoms in total. The average molecular weight is 334 g/mol. The number of allylic oxidation sites excluding steroid dienone is 1. The summed E-state index contributed by atoms with van der Waals surface area (Å²) in [6.45, 7) is 0. The predicted molar refractivity (Wildman–Crippen MR) is 87.7 cm³/mol. The lowest BCUT2D eigenvalue weighted by molar-refractivity contribution is 0.103. The quantitative estimate of drug-likeness (QED) is 0.548. The largest absolute Gasteiger partial charge is 0.357 e. The van der Waals surface area contributed by atoms with E-state index in [1.807, 2.05) is 6.07 Å².